The summed E-state index contributed by atoms with van der Waals surface area (Å²) in [7, 11) is 0. The van der Waals surface area contributed by atoms with Crippen molar-refractivity contribution in [2.75, 3.05) is 18.5 Å². The summed E-state index contributed by atoms with van der Waals surface area (Å²) in [6.07, 6.45) is 8.44. The summed E-state index contributed by atoms with van der Waals surface area (Å²) < 4.78 is 13.6. The van der Waals surface area contributed by atoms with Gasteiger partial charge < -0.3 is 19.4 Å². The van der Waals surface area contributed by atoms with Crippen molar-refractivity contribution in [1.82, 2.24) is 19.7 Å². The Morgan fingerprint density at radius 3 is 3.06 bits per heavy atom. The van der Waals surface area contributed by atoms with Crippen molar-refractivity contribution in [3.63, 3.8) is 0 Å². The average molecular weight is 419 g/mol. The summed E-state index contributed by atoms with van der Waals surface area (Å²) in [5, 5.41) is 11.0. The molecule has 0 saturated carbocycles. The van der Waals surface area contributed by atoms with Crippen molar-refractivity contribution in [1.29, 1.82) is 0 Å². The first-order chi connectivity index (χ1) is 15.2. The summed E-state index contributed by atoms with van der Waals surface area (Å²) in [5.74, 6) is 1.90. The van der Waals surface area contributed by atoms with Gasteiger partial charge in [-0.25, -0.2) is 4.98 Å². The Labute approximate surface area is 180 Å². The van der Waals surface area contributed by atoms with Crippen LogP contribution in [0.3, 0.4) is 0 Å². The van der Waals surface area contributed by atoms with E-state index in [4.69, 9.17) is 9.47 Å². The predicted octanol–water partition coefficient (Wildman–Crippen LogP) is 4.11. The maximum Gasteiger partial charge on any atom is 0.260 e. The lowest BCUT2D eigenvalue weighted by Gasteiger charge is -2.14. The van der Waals surface area contributed by atoms with Gasteiger partial charge in [0.05, 0.1) is 18.8 Å². The fourth-order valence-electron chi connectivity index (χ4n) is 3.18. The predicted molar refractivity (Wildman–Crippen MR) is 117 cm³/mol. The summed E-state index contributed by atoms with van der Waals surface area (Å²) in [6.45, 7) is 3.78. The van der Waals surface area contributed by atoms with Crippen LogP contribution in [0.2, 0.25) is 0 Å². The lowest BCUT2D eigenvalue weighted by atomic mass is 10.1. The molecule has 4 rings (SSSR count). The second-order valence-corrected chi connectivity index (χ2v) is 7.14. The van der Waals surface area contributed by atoms with Gasteiger partial charge in [-0.2, -0.15) is 0 Å². The van der Waals surface area contributed by atoms with E-state index in [1.165, 1.54) is 0 Å². The van der Waals surface area contributed by atoms with Crippen molar-refractivity contribution in [2.24, 2.45) is 0 Å². The molecule has 3 aromatic rings. The van der Waals surface area contributed by atoms with Gasteiger partial charge in [0, 0.05) is 6.54 Å². The maximum atomic E-state index is 13.1. The maximum absolute atomic E-state index is 13.1. The average Bonchev–Trinajstić information content (AvgIpc) is 3.25. The number of allylic oxidation sites excluding steroid dienone is 1. The normalized spacial score (nSPS) is 14.8. The first kappa shape index (κ1) is 20.6. The minimum absolute atomic E-state index is 0.313. The highest BCUT2D eigenvalue weighted by Gasteiger charge is 2.17. The highest BCUT2D eigenvalue weighted by molar-refractivity contribution is 6.06. The van der Waals surface area contributed by atoms with Crippen molar-refractivity contribution >= 4 is 11.7 Å². The fourth-order valence-corrected chi connectivity index (χ4v) is 3.18. The Bertz CT molecular complexity index is 1080. The van der Waals surface area contributed by atoms with Crippen LogP contribution in [0, 0.1) is 0 Å². The third-order valence-corrected chi connectivity index (χ3v) is 4.81. The molecule has 0 fully saturated rings. The lowest BCUT2D eigenvalue weighted by molar-refractivity contribution is 0.102. The molecule has 1 amide bonds. The number of rotatable bonds is 4. The number of carbonyl (C=O) groups excluding carboxylic acids is 1. The van der Waals surface area contributed by atoms with Gasteiger partial charge in [-0.15, -0.1) is 10.2 Å². The Morgan fingerprint density at radius 1 is 1.23 bits per heavy atom. The first-order valence-electron chi connectivity index (χ1n) is 10.5. The van der Waals surface area contributed by atoms with Crippen LogP contribution < -0.4 is 14.8 Å². The third-order valence-electron chi connectivity index (χ3n) is 4.81. The third kappa shape index (κ3) is 5.09. The van der Waals surface area contributed by atoms with Crippen molar-refractivity contribution in [3.05, 3.63) is 60.4 Å². The topological polar surface area (TPSA) is 91.2 Å². The van der Waals surface area contributed by atoms with Gasteiger partial charge in [0.15, 0.2) is 5.82 Å². The van der Waals surface area contributed by atoms with E-state index in [2.05, 4.69) is 27.4 Å². The number of aromatic nitrogens is 4. The molecule has 31 heavy (non-hydrogen) atoms. The Kier molecular flexibility index (Phi) is 6.56. The van der Waals surface area contributed by atoms with Gasteiger partial charge >= 0.3 is 0 Å². The number of nitrogens with zero attached hydrogens (tertiary/aromatic N) is 4. The van der Waals surface area contributed by atoms with Crippen LogP contribution in [0.15, 0.2) is 54.9 Å². The highest BCUT2D eigenvalue weighted by Crippen LogP contribution is 2.26. The van der Waals surface area contributed by atoms with Crippen molar-refractivity contribution in [2.45, 2.75) is 32.7 Å². The number of benzene rings is 1. The van der Waals surface area contributed by atoms with E-state index < -0.39 is 0 Å². The first-order valence-corrected chi connectivity index (χ1v) is 10.5. The molecule has 2 aromatic heterocycles. The van der Waals surface area contributed by atoms with E-state index in [9.17, 15) is 4.79 Å². The highest BCUT2D eigenvalue weighted by atomic mass is 16.5. The van der Waals surface area contributed by atoms with Crippen LogP contribution in [0.5, 0.6) is 11.5 Å². The SMILES string of the molecule is CCCCOc1ccc2c(c1)C(=O)Nc1cccc(n1)-c1nncn1C/C=C/CCO2. The van der Waals surface area contributed by atoms with Gasteiger partial charge in [0.2, 0.25) is 0 Å². The molecule has 0 aliphatic carbocycles. The Morgan fingerprint density at radius 2 is 2.16 bits per heavy atom. The molecule has 0 radical (unpaired) electrons. The minimum Gasteiger partial charge on any atom is -0.494 e. The molecule has 1 aliphatic rings. The Hall–Kier alpha value is -3.68. The molecule has 160 valence electrons. The quantitative estimate of drug-likeness (QED) is 0.505. The molecule has 0 saturated heterocycles. The zero-order valence-corrected chi connectivity index (χ0v) is 17.5. The molecule has 1 N–H and O–H groups in total. The molecule has 8 nitrogen and oxygen atoms in total. The standard InChI is InChI=1S/C23H25N5O3/c1-2-3-13-30-17-10-11-20-18(15-17)23(29)26-21-9-7-8-19(25-21)22-27-24-16-28(22)12-5-4-6-14-31-20/h4-5,7-11,15-16H,2-3,6,12-14H2,1H3,(H,25,26,29)/b5-4+. The zero-order valence-electron chi connectivity index (χ0n) is 17.5. The number of fused-ring (bicyclic) bond motifs is 5. The smallest absolute Gasteiger partial charge is 0.260 e. The minimum atomic E-state index is -0.313. The van der Waals surface area contributed by atoms with Crippen LogP contribution in [0.4, 0.5) is 5.82 Å². The fraction of sp³-hybridized carbons (Fsp3) is 0.304. The van der Waals surface area contributed by atoms with Crippen molar-refractivity contribution < 1.29 is 14.3 Å². The molecule has 3 heterocycles. The van der Waals surface area contributed by atoms with E-state index in [0.717, 1.165) is 12.8 Å². The molecule has 0 spiro atoms. The molecule has 2 bridgehead atoms. The number of unbranched alkanes of at least 4 members (excludes halogenated alkanes) is 1. The van der Waals surface area contributed by atoms with Crippen LogP contribution in [-0.4, -0.2) is 38.9 Å². The summed E-state index contributed by atoms with van der Waals surface area (Å²) in [4.78, 5) is 17.6. The molecule has 8 heteroatoms. The van der Waals surface area contributed by atoms with Gasteiger partial charge in [0.1, 0.15) is 29.3 Å². The molecular weight excluding hydrogens is 394 g/mol. The monoisotopic (exact) mass is 419 g/mol. The van der Waals surface area contributed by atoms with Gasteiger partial charge in [0.25, 0.3) is 5.91 Å². The number of hydrogen-bond acceptors (Lipinski definition) is 6. The second kappa shape index (κ2) is 9.88. The van der Waals surface area contributed by atoms with Crippen LogP contribution in [0.1, 0.15) is 36.5 Å². The Balaban J connectivity index is 1.67. The number of pyridine rings is 1. The van der Waals surface area contributed by atoms with E-state index in [1.54, 1.807) is 24.5 Å². The number of ether oxygens (including phenoxy) is 2. The molecule has 0 atom stereocenters. The molecule has 1 aliphatic heterocycles. The molecule has 0 unspecified atom stereocenters. The summed E-state index contributed by atoms with van der Waals surface area (Å²) >= 11 is 0. The van der Waals surface area contributed by atoms with E-state index in [0.29, 0.717) is 60.6 Å². The van der Waals surface area contributed by atoms with Crippen LogP contribution in [-0.2, 0) is 6.54 Å². The summed E-state index contributed by atoms with van der Waals surface area (Å²) in [5.41, 5.74) is 1.04. The summed E-state index contributed by atoms with van der Waals surface area (Å²) in [6, 6.07) is 10.7. The molecule has 1 aromatic carbocycles. The van der Waals surface area contributed by atoms with Crippen molar-refractivity contribution in [3.8, 4) is 23.0 Å². The van der Waals surface area contributed by atoms with Gasteiger partial charge in [-0.1, -0.05) is 31.6 Å². The number of nitrogens with one attached hydrogen (secondary N) is 1. The largest absolute Gasteiger partial charge is 0.494 e. The van der Waals surface area contributed by atoms with Crippen LogP contribution in [0.25, 0.3) is 11.5 Å². The van der Waals surface area contributed by atoms with Crippen LogP contribution >= 0.6 is 0 Å². The van der Waals surface area contributed by atoms with Gasteiger partial charge in [-0.05, 0) is 43.2 Å². The van der Waals surface area contributed by atoms with E-state index in [1.807, 2.05) is 34.9 Å². The number of anilines is 1. The van der Waals surface area contributed by atoms with E-state index >= 15 is 0 Å². The number of amides is 1. The van der Waals surface area contributed by atoms with E-state index in [-0.39, 0.29) is 5.91 Å². The van der Waals surface area contributed by atoms with Gasteiger partial charge in [-0.3, -0.25) is 4.79 Å². The number of hydrogen-bond donors (Lipinski definition) is 1. The number of carbonyl (C=O) groups is 1. The zero-order chi connectivity index (χ0) is 21.5. The second-order valence-electron chi connectivity index (χ2n) is 7.14. The lowest BCUT2D eigenvalue weighted by Crippen LogP contribution is -2.15. The molecular formula is C23H25N5O3.